The zero-order valence-electron chi connectivity index (χ0n) is 12.6. The van der Waals surface area contributed by atoms with E-state index in [0.29, 0.717) is 24.0 Å². The van der Waals surface area contributed by atoms with E-state index >= 15 is 0 Å². The summed E-state index contributed by atoms with van der Waals surface area (Å²) < 4.78 is 5.13. The maximum Gasteiger partial charge on any atom is 0.337 e. The van der Waals surface area contributed by atoms with Crippen molar-refractivity contribution in [1.82, 2.24) is 4.90 Å². The van der Waals surface area contributed by atoms with Crippen molar-refractivity contribution in [1.29, 1.82) is 0 Å². The molecule has 0 spiro atoms. The topological polar surface area (TPSA) is 61.8 Å². The van der Waals surface area contributed by atoms with Crippen LogP contribution in [0.2, 0.25) is 0 Å². The average molecular weight is 280 g/mol. The normalized spacial score (nSPS) is 12.2. The van der Waals surface area contributed by atoms with Gasteiger partial charge >= 0.3 is 5.97 Å². The molecule has 2 N–H and O–H groups in total. The Bertz CT molecular complexity index is 449. The number of likely N-dealkylation sites (N-methyl/N-ethyl adjacent to an activating group) is 1. The molecule has 0 aliphatic heterocycles. The maximum atomic E-state index is 11.2. The van der Waals surface area contributed by atoms with Gasteiger partial charge in [0.1, 0.15) is 5.75 Å². The average Bonchev–Trinajstić information content (AvgIpc) is 2.45. The summed E-state index contributed by atoms with van der Waals surface area (Å²) in [6, 6.07) is 5.44. The van der Waals surface area contributed by atoms with Crippen LogP contribution >= 0.6 is 0 Å². The summed E-state index contributed by atoms with van der Waals surface area (Å²) >= 11 is 0. The van der Waals surface area contributed by atoms with Crippen molar-refractivity contribution >= 4 is 11.7 Å². The number of rotatable bonds is 8. The van der Waals surface area contributed by atoms with Gasteiger partial charge in [0.05, 0.1) is 18.4 Å². The number of methoxy groups -OCH3 is 1. The van der Waals surface area contributed by atoms with Crippen LogP contribution in [0, 0.1) is 0 Å². The zero-order chi connectivity index (χ0) is 15.1. The smallest absolute Gasteiger partial charge is 0.337 e. The maximum absolute atomic E-state index is 11.2. The van der Waals surface area contributed by atoms with Gasteiger partial charge in [0.25, 0.3) is 0 Å². The fourth-order valence-corrected chi connectivity index (χ4v) is 1.88. The number of hydrogen-bond donors (Lipinski definition) is 2. The Balaban J connectivity index is 2.68. The van der Waals surface area contributed by atoms with E-state index in [4.69, 9.17) is 4.74 Å². The zero-order valence-corrected chi connectivity index (χ0v) is 12.6. The van der Waals surface area contributed by atoms with E-state index in [2.05, 4.69) is 31.1 Å². The molecule has 0 fully saturated rings. The largest absolute Gasteiger partial charge is 0.497 e. The quantitative estimate of drug-likeness (QED) is 0.766. The van der Waals surface area contributed by atoms with Crippen LogP contribution in [-0.2, 0) is 0 Å². The highest BCUT2D eigenvalue weighted by Crippen LogP contribution is 2.22. The van der Waals surface area contributed by atoms with Crippen molar-refractivity contribution < 1.29 is 14.6 Å². The molecule has 1 aromatic rings. The van der Waals surface area contributed by atoms with Gasteiger partial charge in [-0.3, -0.25) is 0 Å². The molecule has 112 valence electrons. The molecule has 0 bridgehead atoms. The lowest BCUT2D eigenvalue weighted by molar-refractivity contribution is 0.0698. The first kappa shape index (κ1) is 16.3. The fourth-order valence-electron chi connectivity index (χ4n) is 1.88. The standard InChI is InChI=1S/C15H24N2O3/c1-5-11(2)17(3)9-8-16-14-10-12(20-4)6-7-13(14)15(18)19/h6-7,10-11,16H,5,8-9H2,1-4H3,(H,18,19). The predicted octanol–water partition coefficient (Wildman–Crippen LogP) is 2.54. The van der Waals surface area contributed by atoms with Crippen molar-refractivity contribution in [2.24, 2.45) is 0 Å². The number of benzene rings is 1. The molecular weight excluding hydrogens is 256 g/mol. The monoisotopic (exact) mass is 280 g/mol. The van der Waals surface area contributed by atoms with Gasteiger partial charge in [-0.25, -0.2) is 4.79 Å². The van der Waals surface area contributed by atoms with Gasteiger partial charge in [0.2, 0.25) is 0 Å². The highest BCUT2D eigenvalue weighted by molar-refractivity contribution is 5.94. The third-order valence-electron chi connectivity index (χ3n) is 3.58. The van der Waals surface area contributed by atoms with Gasteiger partial charge in [-0.05, 0) is 32.5 Å². The third-order valence-corrected chi connectivity index (χ3v) is 3.58. The van der Waals surface area contributed by atoms with Crippen LogP contribution in [0.15, 0.2) is 18.2 Å². The molecule has 0 heterocycles. The van der Waals surface area contributed by atoms with E-state index < -0.39 is 5.97 Å². The lowest BCUT2D eigenvalue weighted by Gasteiger charge is -2.23. The minimum absolute atomic E-state index is 0.261. The van der Waals surface area contributed by atoms with Crippen molar-refractivity contribution in [3.05, 3.63) is 23.8 Å². The van der Waals surface area contributed by atoms with Crippen molar-refractivity contribution in [2.75, 3.05) is 32.6 Å². The van der Waals surface area contributed by atoms with Crippen molar-refractivity contribution in [3.63, 3.8) is 0 Å². The molecule has 0 saturated heterocycles. The highest BCUT2D eigenvalue weighted by Gasteiger charge is 2.11. The SMILES string of the molecule is CCC(C)N(C)CCNc1cc(OC)ccc1C(=O)O. The fraction of sp³-hybridized carbons (Fsp3) is 0.533. The number of anilines is 1. The molecule has 5 heteroatoms. The molecule has 0 aliphatic rings. The molecule has 1 atom stereocenters. The Hall–Kier alpha value is -1.75. The minimum atomic E-state index is -0.939. The predicted molar refractivity (Wildman–Crippen MR) is 80.8 cm³/mol. The number of carboxylic acid groups (broad SMARTS) is 1. The van der Waals surface area contributed by atoms with E-state index in [1.54, 1.807) is 25.3 Å². The second kappa shape index (κ2) is 7.75. The molecule has 5 nitrogen and oxygen atoms in total. The Morgan fingerprint density at radius 3 is 2.75 bits per heavy atom. The summed E-state index contributed by atoms with van der Waals surface area (Å²) in [6.07, 6.45) is 1.09. The number of ether oxygens (including phenoxy) is 1. The molecule has 0 amide bonds. The van der Waals surface area contributed by atoms with Crippen LogP contribution in [0.4, 0.5) is 5.69 Å². The summed E-state index contributed by atoms with van der Waals surface area (Å²) in [5.41, 5.74) is 0.853. The van der Waals surface area contributed by atoms with Crippen LogP contribution in [-0.4, -0.2) is 49.3 Å². The number of aromatic carboxylic acids is 1. The second-order valence-corrected chi connectivity index (χ2v) is 4.88. The van der Waals surface area contributed by atoms with E-state index in [0.717, 1.165) is 13.0 Å². The van der Waals surface area contributed by atoms with Crippen LogP contribution in [0.25, 0.3) is 0 Å². The van der Waals surface area contributed by atoms with E-state index in [1.165, 1.54) is 0 Å². The molecule has 1 aromatic carbocycles. The molecule has 1 unspecified atom stereocenters. The van der Waals surface area contributed by atoms with E-state index in [9.17, 15) is 9.90 Å². The van der Waals surface area contributed by atoms with Gasteiger partial charge in [-0.15, -0.1) is 0 Å². The Morgan fingerprint density at radius 1 is 1.50 bits per heavy atom. The molecule has 0 aromatic heterocycles. The summed E-state index contributed by atoms with van der Waals surface area (Å²) in [7, 11) is 3.63. The number of hydrogen-bond acceptors (Lipinski definition) is 4. The summed E-state index contributed by atoms with van der Waals surface area (Å²) in [5.74, 6) is -0.293. The number of carbonyl (C=O) groups is 1. The van der Waals surface area contributed by atoms with Crippen LogP contribution in [0.3, 0.4) is 0 Å². The molecule has 0 radical (unpaired) electrons. The lowest BCUT2D eigenvalue weighted by Crippen LogP contribution is -2.32. The number of nitrogens with one attached hydrogen (secondary N) is 1. The molecule has 20 heavy (non-hydrogen) atoms. The van der Waals surface area contributed by atoms with Gasteiger partial charge in [0, 0.05) is 25.2 Å². The Morgan fingerprint density at radius 2 is 2.20 bits per heavy atom. The summed E-state index contributed by atoms with van der Waals surface area (Å²) in [5, 5.41) is 12.3. The lowest BCUT2D eigenvalue weighted by atomic mass is 10.1. The van der Waals surface area contributed by atoms with Crippen molar-refractivity contribution in [2.45, 2.75) is 26.3 Å². The molecular formula is C15H24N2O3. The van der Waals surface area contributed by atoms with E-state index in [-0.39, 0.29) is 5.56 Å². The third kappa shape index (κ3) is 4.42. The van der Waals surface area contributed by atoms with Crippen LogP contribution in [0.1, 0.15) is 30.6 Å². The van der Waals surface area contributed by atoms with Crippen LogP contribution < -0.4 is 10.1 Å². The van der Waals surface area contributed by atoms with E-state index in [1.807, 2.05) is 0 Å². The summed E-state index contributed by atoms with van der Waals surface area (Å²) in [6.45, 7) is 5.87. The molecule has 0 saturated carbocycles. The first-order valence-corrected chi connectivity index (χ1v) is 6.85. The van der Waals surface area contributed by atoms with Gasteiger partial charge in [0.15, 0.2) is 0 Å². The second-order valence-electron chi connectivity index (χ2n) is 4.88. The number of carboxylic acids is 1. The molecule has 1 rings (SSSR count). The van der Waals surface area contributed by atoms with Gasteiger partial charge < -0.3 is 20.1 Å². The van der Waals surface area contributed by atoms with Gasteiger partial charge in [-0.1, -0.05) is 6.92 Å². The highest BCUT2D eigenvalue weighted by atomic mass is 16.5. The Labute approximate surface area is 120 Å². The Kier molecular flexibility index (Phi) is 6.31. The number of nitrogens with zero attached hydrogens (tertiary/aromatic N) is 1. The summed E-state index contributed by atoms with van der Waals surface area (Å²) in [4.78, 5) is 13.4. The minimum Gasteiger partial charge on any atom is -0.497 e. The first-order chi connectivity index (χ1) is 9.49. The van der Waals surface area contributed by atoms with Crippen LogP contribution in [0.5, 0.6) is 5.75 Å². The first-order valence-electron chi connectivity index (χ1n) is 6.85. The van der Waals surface area contributed by atoms with Gasteiger partial charge in [-0.2, -0.15) is 0 Å². The van der Waals surface area contributed by atoms with Crippen molar-refractivity contribution in [3.8, 4) is 5.75 Å². The molecule has 0 aliphatic carbocycles.